The van der Waals surface area contributed by atoms with E-state index in [4.69, 9.17) is 4.52 Å². The van der Waals surface area contributed by atoms with Crippen LogP contribution in [0.1, 0.15) is 36.6 Å². The van der Waals surface area contributed by atoms with Crippen LogP contribution in [-0.4, -0.2) is 44.9 Å². The van der Waals surface area contributed by atoms with Crippen molar-refractivity contribution in [2.75, 3.05) is 14.1 Å². The van der Waals surface area contributed by atoms with Gasteiger partial charge < -0.3 is 19.3 Å². The molecule has 3 rings (SSSR count). The molecule has 132 valence electrons. The third kappa shape index (κ3) is 4.46. The first-order valence-electron chi connectivity index (χ1n) is 8.00. The van der Waals surface area contributed by atoms with Crippen LogP contribution in [0.2, 0.25) is 0 Å². The van der Waals surface area contributed by atoms with Gasteiger partial charge in [0.05, 0.1) is 13.1 Å². The Hall–Kier alpha value is -1.65. The van der Waals surface area contributed by atoms with E-state index in [1.54, 1.807) is 13.3 Å². The number of nitrogens with one attached hydrogen (secondary N) is 1. The highest BCUT2D eigenvalue weighted by Gasteiger charge is 2.15. The number of rotatable bonds is 4. The van der Waals surface area contributed by atoms with Crippen molar-refractivity contribution in [2.24, 2.45) is 4.99 Å². The molecule has 2 aromatic heterocycles. The average molecular weight is 445 g/mol. The molecule has 3 heterocycles. The number of hydrogen-bond acceptors (Lipinski definition) is 5. The second-order valence-electron chi connectivity index (χ2n) is 5.74. The van der Waals surface area contributed by atoms with Gasteiger partial charge in [0.1, 0.15) is 17.8 Å². The Bertz CT molecular complexity index is 653. The van der Waals surface area contributed by atoms with Crippen LogP contribution in [0.5, 0.6) is 0 Å². The first-order chi connectivity index (χ1) is 11.3. The Labute approximate surface area is 158 Å². The molecule has 0 fully saturated rings. The number of aryl methyl sites for hydroxylation is 1. The van der Waals surface area contributed by atoms with Crippen LogP contribution >= 0.6 is 24.0 Å². The fourth-order valence-corrected chi connectivity index (χ4v) is 2.86. The van der Waals surface area contributed by atoms with Gasteiger partial charge in [0.2, 0.25) is 0 Å². The third-order valence-corrected chi connectivity index (χ3v) is 4.05. The van der Waals surface area contributed by atoms with E-state index >= 15 is 0 Å². The van der Waals surface area contributed by atoms with E-state index in [-0.39, 0.29) is 24.0 Å². The largest absolute Gasteiger partial charge is 0.364 e. The van der Waals surface area contributed by atoms with Crippen LogP contribution in [0.3, 0.4) is 0 Å². The highest BCUT2D eigenvalue weighted by molar-refractivity contribution is 14.0. The fourth-order valence-electron chi connectivity index (χ4n) is 2.86. The molecule has 0 saturated heterocycles. The van der Waals surface area contributed by atoms with Gasteiger partial charge in [-0.05, 0) is 12.8 Å². The molecule has 1 aliphatic rings. The summed E-state index contributed by atoms with van der Waals surface area (Å²) in [4.78, 5) is 6.31. The normalized spacial score (nSPS) is 14.5. The number of hydrogen-bond donors (Lipinski definition) is 1. The summed E-state index contributed by atoms with van der Waals surface area (Å²) in [5.74, 6) is 2.86. The zero-order valence-corrected chi connectivity index (χ0v) is 16.4. The summed E-state index contributed by atoms with van der Waals surface area (Å²) in [5.41, 5.74) is 0.867. The molecule has 0 bridgehead atoms. The molecule has 0 unspecified atom stereocenters. The second-order valence-corrected chi connectivity index (χ2v) is 5.74. The zero-order chi connectivity index (χ0) is 16.1. The molecule has 0 amide bonds. The molecular weight excluding hydrogens is 421 g/mol. The van der Waals surface area contributed by atoms with E-state index in [2.05, 4.69) is 30.2 Å². The van der Waals surface area contributed by atoms with E-state index in [9.17, 15) is 0 Å². The number of aromatic nitrogens is 4. The van der Waals surface area contributed by atoms with Crippen LogP contribution in [-0.2, 0) is 26.1 Å². The van der Waals surface area contributed by atoms with Crippen molar-refractivity contribution in [3.63, 3.8) is 0 Å². The molecule has 0 radical (unpaired) electrons. The smallest absolute Gasteiger partial charge is 0.194 e. The standard InChI is InChI=1S/C15H23N7O.HI/c1-16-15(21(2)11-12-7-9-23-20-12)17-10-14-19-18-13-6-4-3-5-8-22(13)14;/h7,9H,3-6,8,10-11H2,1-2H3,(H,16,17);1H. The summed E-state index contributed by atoms with van der Waals surface area (Å²) in [7, 11) is 3.74. The third-order valence-electron chi connectivity index (χ3n) is 4.05. The van der Waals surface area contributed by atoms with Crippen molar-refractivity contribution in [2.45, 2.75) is 45.3 Å². The Morgan fingerprint density at radius 1 is 1.38 bits per heavy atom. The lowest BCUT2D eigenvalue weighted by Gasteiger charge is -2.20. The van der Waals surface area contributed by atoms with Gasteiger partial charge in [0.25, 0.3) is 0 Å². The lowest BCUT2D eigenvalue weighted by molar-refractivity contribution is 0.390. The number of nitrogens with zero attached hydrogens (tertiary/aromatic N) is 6. The molecule has 8 nitrogen and oxygen atoms in total. The van der Waals surface area contributed by atoms with E-state index in [1.165, 1.54) is 19.3 Å². The van der Waals surface area contributed by atoms with Crippen molar-refractivity contribution >= 4 is 29.9 Å². The van der Waals surface area contributed by atoms with Gasteiger partial charge in [-0.1, -0.05) is 11.6 Å². The van der Waals surface area contributed by atoms with Crippen LogP contribution in [0.4, 0.5) is 0 Å². The highest BCUT2D eigenvalue weighted by Crippen LogP contribution is 2.14. The fraction of sp³-hybridized carbons (Fsp3) is 0.600. The maximum absolute atomic E-state index is 4.86. The average Bonchev–Trinajstić information content (AvgIpc) is 3.13. The Morgan fingerprint density at radius 3 is 3.00 bits per heavy atom. The maximum Gasteiger partial charge on any atom is 0.194 e. The van der Waals surface area contributed by atoms with Crippen molar-refractivity contribution in [3.8, 4) is 0 Å². The predicted octanol–water partition coefficient (Wildman–Crippen LogP) is 1.82. The highest BCUT2D eigenvalue weighted by atomic mass is 127. The zero-order valence-electron chi connectivity index (χ0n) is 14.1. The molecule has 1 N–H and O–H groups in total. The lowest BCUT2D eigenvalue weighted by atomic mass is 10.2. The van der Waals surface area contributed by atoms with Gasteiger partial charge >= 0.3 is 0 Å². The summed E-state index contributed by atoms with van der Waals surface area (Å²) in [6.45, 7) is 2.25. The van der Waals surface area contributed by atoms with Gasteiger partial charge in [-0.3, -0.25) is 4.99 Å². The number of fused-ring (bicyclic) bond motifs is 1. The van der Waals surface area contributed by atoms with E-state index in [1.807, 2.05) is 18.0 Å². The summed E-state index contributed by atoms with van der Waals surface area (Å²) < 4.78 is 7.10. The molecule has 0 atom stereocenters. The predicted molar refractivity (Wildman–Crippen MR) is 101 cm³/mol. The number of aliphatic imine (C=N–C) groups is 1. The number of guanidine groups is 1. The van der Waals surface area contributed by atoms with Crippen molar-refractivity contribution in [1.82, 2.24) is 30.1 Å². The Morgan fingerprint density at radius 2 is 2.25 bits per heavy atom. The maximum atomic E-state index is 4.86. The first-order valence-corrected chi connectivity index (χ1v) is 8.00. The molecule has 0 aromatic carbocycles. The van der Waals surface area contributed by atoms with Crippen LogP contribution < -0.4 is 5.32 Å². The monoisotopic (exact) mass is 445 g/mol. The van der Waals surface area contributed by atoms with Crippen molar-refractivity contribution in [3.05, 3.63) is 29.7 Å². The van der Waals surface area contributed by atoms with E-state index in [0.717, 1.165) is 36.3 Å². The van der Waals surface area contributed by atoms with Gasteiger partial charge in [-0.25, -0.2) is 0 Å². The summed E-state index contributed by atoms with van der Waals surface area (Å²) in [6.07, 6.45) is 6.25. The minimum Gasteiger partial charge on any atom is -0.364 e. The Kier molecular flexibility index (Phi) is 7.00. The van der Waals surface area contributed by atoms with E-state index < -0.39 is 0 Å². The van der Waals surface area contributed by atoms with Gasteiger partial charge in [0.15, 0.2) is 11.8 Å². The summed E-state index contributed by atoms with van der Waals surface area (Å²) >= 11 is 0. The van der Waals surface area contributed by atoms with Crippen LogP contribution in [0, 0.1) is 0 Å². The molecular formula is C15H24IN7O. The molecule has 0 saturated carbocycles. The minimum absolute atomic E-state index is 0. The van der Waals surface area contributed by atoms with Crippen LogP contribution in [0.15, 0.2) is 21.8 Å². The Balaban J connectivity index is 0.00000208. The van der Waals surface area contributed by atoms with E-state index in [0.29, 0.717) is 13.1 Å². The van der Waals surface area contributed by atoms with Gasteiger partial charge in [-0.2, -0.15) is 0 Å². The van der Waals surface area contributed by atoms with Crippen LogP contribution in [0.25, 0.3) is 0 Å². The minimum atomic E-state index is 0. The van der Waals surface area contributed by atoms with Gasteiger partial charge in [0, 0.05) is 33.1 Å². The summed E-state index contributed by atoms with van der Waals surface area (Å²) in [6, 6.07) is 1.85. The van der Waals surface area contributed by atoms with Crippen molar-refractivity contribution in [1.29, 1.82) is 0 Å². The molecule has 1 aliphatic heterocycles. The molecule has 0 aliphatic carbocycles. The molecule has 24 heavy (non-hydrogen) atoms. The SMILES string of the molecule is CN=C(NCc1nnc2n1CCCCC2)N(C)Cc1ccon1.I. The molecule has 2 aromatic rings. The number of halogens is 1. The molecule has 9 heteroatoms. The lowest BCUT2D eigenvalue weighted by Crippen LogP contribution is -2.38. The second kappa shape index (κ2) is 9.00. The molecule has 0 spiro atoms. The first kappa shape index (κ1) is 18.7. The van der Waals surface area contributed by atoms with Crippen molar-refractivity contribution < 1.29 is 4.52 Å². The quantitative estimate of drug-likeness (QED) is 0.439. The topological polar surface area (TPSA) is 84.4 Å². The van der Waals surface area contributed by atoms with Gasteiger partial charge in [-0.15, -0.1) is 34.2 Å². The summed E-state index contributed by atoms with van der Waals surface area (Å²) in [5, 5.41) is 15.9.